The number of nitrogens with two attached hydrogens (primary N) is 2. The average Bonchev–Trinajstić information content (AvgIpc) is 2.71. The normalized spacial score (nSPS) is 20.3. The van der Waals surface area contributed by atoms with Crippen molar-refractivity contribution in [3.05, 3.63) is 41.5 Å². The number of halogens is 1. The van der Waals surface area contributed by atoms with Gasteiger partial charge in [0.05, 0.1) is 6.54 Å². The third-order valence-electron chi connectivity index (χ3n) is 3.71. The van der Waals surface area contributed by atoms with E-state index in [4.69, 9.17) is 11.5 Å². The number of nitrogens with one attached hydrogen (secondary N) is 1. The van der Waals surface area contributed by atoms with Crippen LogP contribution in [0, 0.1) is 5.82 Å². The third kappa shape index (κ3) is 2.57. The highest BCUT2D eigenvalue weighted by Gasteiger charge is 2.49. The van der Waals surface area contributed by atoms with Crippen molar-refractivity contribution in [2.75, 3.05) is 11.5 Å². The number of imide groups is 1. The lowest BCUT2D eigenvalue weighted by atomic mass is 9.92. The number of hydrogen-bond acceptors (Lipinski definition) is 7. The molecule has 0 radical (unpaired) electrons. The number of carbonyl (C=O) groups is 2. The third-order valence-corrected chi connectivity index (χ3v) is 3.71. The van der Waals surface area contributed by atoms with E-state index in [1.54, 1.807) is 0 Å². The Morgan fingerprint density at radius 1 is 1.12 bits per heavy atom. The lowest BCUT2D eigenvalue weighted by Crippen LogP contribution is -2.40. The van der Waals surface area contributed by atoms with E-state index >= 15 is 0 Å². The predicted octanol–water partition coefficient (Wildman–Crippen LogP) is 0.142. The molecule has 24 heavy (non-hydrogen) atoms. The van der Waals surface area contributed by atoms with Gasteiger partial charge in [0.1, 0.15) is 11.4 Å². The van der Waals surface area contributed by atoms with Crippen LogP contribution in [-0.4, -0.2) is 31.8 Å². The molecule has 1 atom stereocenters. The van der Waals surface area contributed by atoms with E-state index in [-0.39, 0.29) is 24.3 Å². The van der Waals surface area contributed by atoms with Crippen LogP contribution in [0.5, 0.6) is 0 Å². The largest absolute Gasteiger partial charge is 0.368 e. The lowest BCUT2D eigenvalue weighted by Gasteiger charge is -2.22. The van der Waals surface area contributed by atoms with Crippen molar-refractivity contribution in [3.8, 4) is 0 Å². The fraction of sp³-hybridized carbons (Fsp3) is 0.214. The Hall–Kier alpha value is -3.30. The first kappa shape index (κ1) is 15.6. The molecule has 3 amide bonds. The molecule has 1 aromatic heterocycles. The Morgan fingerprint density at radius 3 is 2.29 bits per heavy atom. The second-order valence-corrected chi connectivity index (χ2v) is 5.42. The molecule has 0 spiro atoms. The number of hydrogen-bond donors (Lipinski definition) is 3. The average molecular weight is 331 g/mol. The van der Waals surface area contributed by atoms with E-state index in [2.05, 4.69) is 20.3 Å². The number of benzene rings is 1. The molecule has 1 aromatic carbocycles. The van der Waals surface area contributed by atoms with Gasteiger partial charge in [0.15, 0.2) is 5.82 Å². The van der Waals surface area contributed by atoms with Crippen molar-refractivity contribution >= 4 is 23.8 Å². The summed E-state index contributed by atoms with van der Waals surface area (Å²) < 4.78 is 13.1. The summed E-state index contributed by atoms with van der Waals surface area (Å²) in [6.07, 6.45) is 0. The van der Waals surface area contributed by atoms with Gasteiger partial charge >= 0.3 is 6.03 Å². The zero-order valence-corrected chi connectivity index (χ0v) is 12.7. The second kappa shape index (κ2) is 5.41. The van der Waals surface area contributed by atoms with Crippen LogP contribution in [-0.2, 0) is 16.9 Å². The highest BCUT2D eigenvalue weighted by molar-refractivity contribution is 6.07. The summed E-state index contributed by atoms with van der Waals surface area (Å²) >= 11 is 0. The molecule has 1 aliphatic heterocycles. The first-order valence-corrected chi connectivity index (χ1v) is 6.95. The molecule has 1 unspecified atom stereocenters. The first-order chi connectivity index (χ1) is 11.3. The van der Waals surface area contributed by atoms with Crippen molar-refractivity contribution in [3.63, 3.8) is 0 Å². The summed E-state index contributed by atoms with van der Waals surface area (Å²) in [5.74, 6) is -1.08. The van der Waals surface area contributed by atoms with Crippen LogP contribution < -0.4 is 16.8 Å². The summed E-state index contributed by atoms with van der Waals surface area (Å²) in [4.78, 5) is 37.2. The zero-order chi connectivity index (χ0) is 17.5. The summed E-state index contributed by atoms with van der Waals surface area (Å²) in [6, 6.07) is 4.70. The van der Waals surface area contributed by atoms with Crippen molar-refractivity contribution in [1.82, 2.24) is 25.2 Å². The standard InChI is InChI=1S/C14H14FN7O2/c1-14(7-2-4-8(15)5-3-7)10(23)22(13(24)21-14)6-9-18-11(16)20-12(17)19-9/h2-5H,6H2,1H3,(H,21,24)(H4,16,17,18,19,20). The molecule has 2 heterocycles. The van der Waals surface area contributed by atoms with E-state index < -0.39 is 23.3 Å². The number of nitrogens with zero attached hydrogens (tertiary/aromatic N) is 4. The number of carbonyl (C=O) groups excluding carboxylic acids is 2. The molecule has 5 N–H and O–H groups in total. The maximum atomic E-state index is 13.1. The first-order valence-electron chi connectivity index (χ1n) is 6.95. The van der Waals surface area contributed by atoms with Gasteiger partial charge in [-0.05, 0) is 24.6 Å². The van der Waals surface area contributed by atoms with Crippen LogP contribution in [0.15, 0.2) is 24.3 Å². The molecule has 1 aliphatic rings. The van der Waals surface area contributed by atoms with Crippen LogP contribution in [0.25, 0.3) is 0 Å². The van der Waals surface area contributed by atoms with Gasteiger partial charge in [-0.1, -0.05) is 12.1 Å². The number of nitrogen functional groups attached to an aromatic ring is 2. The Bertz CT molecular complexity index is 806. The number of aromatic nitrogens is 3. The van der Waals surface area contributed by atoms with E-state index in [0.29, 0.717) is 5.56 Å². The molecule has 0 bridgehead atoms. The maximum Gasteiger partial charge on any atom is 0.325 e. The van der Waals surface area contributed by atoms with Crippen molar-refractivity contribution in [2.24, 2.45) is 0 Å². The quantitative estimate of drug-likeness (QED) is 0.680. The molecular weight excluding hydrogens is 317 g/mol. The van der Waals surface area contributed by atoms with E-state index in [0.717, 1.165) is 4.90 Å². The number of amides is 3. The van der Waals surface area contributed by atoms with Gasteiger partial charge in [0.2, 0.25) is 11.9 Å². The SMILES string of the molecule is CC1(c2ccc(F)cc2)NC(=O)N(Cc2nc(N)nc(N)n2)C1=O. The van der Waals surface area contributed by atoms with E-state index in [1.165, 1.54) is 31.2 Å². The minimum atomic E-state index is -1.31. The van der Waals surface area contributed by atoms with Gasteiger partial charge in [-0.15, -0.1) is 0 Å². The maximum absolute atomic E-state index is 13.1. The van der Waals surface area contributed by atoms with Crippen LogP contribution in [0.1, 0.15) is 18.3 Å². The second-order valence-electron chi connectivity index (χ2n) is 5.42. The Morgan fingerprint density at radius 2 is 1.71 bits per heavy atom. The van der Waals surface area contributed by atoms with Crippen LogP contribution >= 0.6 is 0 Å². The van der Waals surface area contributed by atoms with Crippen LogP contribution in [0.3, 0.4) is 0 Å². The molecule has 2 aromatic rings. The minimum absolute atomic E-state index is 0.0897. The summed E-state index contributed by atoms with van der Waals surface area (Å²) in [5.41, 5.74) is 10.1. The summed E-state index contributed by atoms with van der Waals surface area (Å²) in [6.45, 7) is 1.33. The molecule has 0 saturated carbocycles. The smallest absolute Gasteiger partial charge is 0.325 e. The molecule has 124 valence electrons. The van der Waals surface area contributed by atoms with Crippen molar-refractivity contribution in [2.45, 2.75) is 19.0 Å². The molecular formula is C14H14FN7O2. The molecule has 10 heteroatoms. The lowest BCUT2D eigenvalue weighted by molar-refractivity contribution is -0.131. The zero-order valence-electron chi connectivity index (χ0n) is 12.7. The highest BCUT2D eigenvalue weighted by Crippen LogP contribution is 2.29. The van der Waals surface area contributed by atoms with Gasteiger partial charge in [-0.3, -0.25) is 9.69 Å². The molecule has 3 rings (SSSR count). The van der Waals surface area contributed by atoms with Gasteiger partial charge in [-0.2, -0.15) is 15.0 Å². The van der Waals surface area contributed by atoms with E-state index in [9.17, 15) is 14.0 Å². The molecule has 0 aliphatic carbocycles. The monoisotopic (exact) mass is 331 g/mol. The van der Waals surface area contributed by atoms with E-state index in [1.807, 2.05) is 0 Å². The van der Waals surface area contributed by atoms with Gasteiger partial charge in [-0.25, -0.2) is 9.18 Å². The fourth-order valence-electron chi connectivity index (χ4n) is 2.49. The molecule has 9 nitrogen and oxygen atoms in total. The number of rotatable bonds is 3. The number of urea groups is 1. The van der Waals surface area contributed by atoms with Crippen LogP contribution in [0.2, 0.25) is 0 Å². The Kier molecular flexibility index (Phi) is 3.51. The topological polar surface area (TPSA) is 140 Å². The number of anilines is 2. The predicted molar refractivity (Wildman–Crippen MR) is 81.5 cm³/mol. The van der Waals surface area contributed by atoms with Crippen LogP contribution in [0.4, 0.5) is 21.1 Å². The molecule has 1 fully saturated rings. The van der Waals surface area contributed by atoms with Crippen molar-refractivity contribution < 1.29 is 14.0 Å². The minimum Gasteiger partial charge on any atom is -0.368 e. The summed E-state index contributed by atoms with van der Waals surface area (Å²) in [5, 5.41) is 2.60. The van der Waals surface area contributed by atoms with Gasteiger partial charge in [0.25, 0.3) is 5.91 Å². The molecule has 1 saturated heterocycles. The Balaban J connectivity index is 1.90. The van der Waals surface area contributed by atoms with Gasteiger partial charge < -0.3 is 16.8 Å². The highest BCUT2D eigenvalue weighted by atomic mass is 19.1. The summed E-state index contributed by atoms with van der Waals surface area (Å²) in [7, 11) is 0. The van der Waals surface area contributed by atoms with Gasteiger partial charge in [0, 0.05) is 0 Å². The Labute approximate surface area is 135 Å². The van der Waals surface area contributed by atoms with Crippen molar-refractivity contribution in [1.29, 1.82) is 0 Å². The fourth-order valence-corrected chi connectivity index (χ4v) is 2.49.